The Hall–Kier alpha value is -2.93. The van der Waals surface area contributed by atoms with Crippen LogP contribution in [0.1, 0.15) is 29.0 Å². The number of halogens is 4. The minimum atomic E-state index is -0.846. The summed E-state index contributed by atoms with van der Waals surface area (Å²) in [7, 11) is 2.12. The van der Waals surface area contributed by atoms with Gasteiger partial charge in [-0.25, -0.2) is 8.78 Å². The van der Waals surface area contributed by atoms with Crippen LogP contribution >= 0.6 is 24.0 Å². The molecule has 1 fully saturated rings. The number of anilines is 1. The van der Waals surface area contributed by atoms with Gasteiger partial charge in [0.1, 0.15) is 17.4 Å². The number of nitrogens with one attached hydrogen (secondary N) is 1. The van der Waals surface area contributed by atoms with Gasteiger partial charge in [-0.2, -0.15) is 0 Å². The molecule has 1 saturated heterocycles. The molecule has 0 saturated carbocycles. The van der Waals surface area contributed by atoms with E-state index in [0.29, 0.717) is 33.8 Å². The molecular formula is C26H22Cl2F2N2O2. The summed E-state index contributed by atoms with van der Waals surface area (Å²) in [5.74, 6) is -2.26. The largest absolute Gasteiger partial charge is 0.506 e. The molecule has 34 heavy (non-hydrogen) atoms. The quantitative estimate of drug-likeness (QED) is 0.317. The second-order valence-corrected chi connectivity index (χ2v) is 8.99. The van der Waals surface area contributed by atoms with Crippen LogP contribution in [0, 0.1) is 11.6 Å². The first-order valence-electron chi connectivity index (χ1n) is 10.6. The predicted molar refractivity (Wildman–Crippen MR) is 133 cm³/mol. The number of hydrogen-bond acceptors (Lipinski definition) is 3. The van der Waals surface area contributed by atoms with Crippen LogP contribution in [-0.2, 0) is 4.79 Å². The van der Waals surface area contributed by atoms with Gasteiger partial charge in [-0.05, 0) is 61.3 Å². The summed E-state index contributed by atoms with van der Waals surface area (Å²) in [5.41, 5.74) is 3.50. The Labute approximate surface area is 207 Å². The average Bonchev–Trinajstić information content (AvgIpc) is 3.34. The first kappa shape index (κ1) is 24.2. The smallest absolute Gasteiger partial charge is 0.260 e. The molecule has 5 rings (SSSR count). The zero-order valence-corrected chi connectivity index (χ0v) is 19.8. The molecule has 8 heteroatoms. The lowest BCUT2D eigenvalue weighted by atomic mass is 9.94. The second kappa shape index (κ2) is 9.37. The van der Waals surface area contributed by atoms with E-state index in [2.05, 4.69) is 29.4 Å². The number of fused-ring (bicyclic) bond motifs is 1. The maximum absolute atomic E-state index is 13.7. The molecule has 1 atom stereocenters. The van der Waals surface area contributed by atoms with E-state index in [-0.39, 0.29) is 23.5 Å². The van der Waals surface area contributed by atoms with E-state index in [9.17, 15) is 18.7 Å². The monoisotopic (exact) mass is 502 g/mol. The minimum absolute atomic E-state index is 0. The lowest BCUT2D eigenvalue weighted by Gasteiger charge is -2.13. The van der Waals surface area contributed by atoms with Crippen LogP contribution in [0.15, 0.2) is 54.6 Å². The zero-order valence-electron chi connectivity index (χ0n) is 18.2. The number of rotatable bonds is 3. The Morgan fingerprint density at radius 2 is 1.74 bits per heavy atom. The van der Waals surface area contributed by atoms with E-state index in [1.54, 1.807) is 12.1 Å². The first-order chi connectivity index (χ1) is 15.8. The lowest BCUT2D eigenvalue weighted by Crippen LogP contribution is -2.13. The van der Waals surface area contributed by atoms with Gasteiger partial charge < -0.3 is 15.3 Å². The van der Waals surface area contributed by atoms with E-state index in [1.165, 1.54) is 5.56 Å². The van der Waals surface area contributed by atoms with Gasteiger partial charge in [-0.1, -0.05) is 35.9 Å². The summed E-state index contributed by atoms with van der Waals surface area (Å²) in [6.07, 6.45) is 1.12. The number of nitrogens with zero attached hydrogens (tertiary/aromatic N) is 1. The molecule has 0 aromatic heterocycles. The fraction of sp³-hybridized carbons (Fsp3) is 0.192. The fourth-order valence-electron chi connectivity index (χ4n) is 4.62. The van der Waals surface area contributed by atoms with E-state index >= 15 is 0 Å². The van der Waals surface area contributed by atoms with Crippen LogP contribution in [0.4, 0.5) is 14.5 Å². The summed E-state index contributed by atoms with van der Waals surface area (Å²) in [6.45, 7) is 2.11. The molecule has 0 spiro atoms. The molecule has 176 valence electrons. The number of carbonyl (C=O) groups excluding carboxylic acids is 1. The van der Waals surface area contributed by atoms with Crippen molar-refractivity contribution in [1.29, 1.82) is 0 Å². The average molecular weight is 503 g/mol. The van der Waals surface area contributed by atoms with Crippen LogP contribution in [0.5, 0.6) is 0 Å². The highest BCUT2D eigenvalue weighted by molar-refractivity contribution is 6.38. The van der Waals surface area contributed by atoms with Gasteiger partial charge in [0.25, 0.3) is 5.91 Å². The summed E-state index contributed by atoms with van der Waals surface area (Å²) in [6, 6.07) is 14.2. The molecule has 0 bridgehead atoms. The van der Waals surface area contributed by atoms with Crippen molar-refractivity contribution in [3.63, 3.8) is 0 Å². The highest BCUT2D eigenvalue weighted by Crippen LogP contribution is 2.42. The molecule has 2 aliphatic rings. The lowest BCUT2D eigenvalue weighted by molar-refractivity contribution is -0.110. The Balaban J connectivity index is 0.00000274. The van der Waals surface area contributed by atoms with Crippen LogP contribution in [-0.4, -0.2) is 36.1 Å². The summed E-state index contributed by atoms with van der Waals surface area (Å²) >= 11 is 6.53. The number of benzene rings is 3. The van der Waals surface area contributed by atoms with Gasteiger partial charge in [0, 0.05) is 29.3 Å². The van der Waals surface area contributed by atoms with Crippen LogP contribution in [0.2, 0.25) is 5.02 Å². The first-order valence-corrected chi connectivity index (χ1v) is 11.0. The van der Waals surface area contributed by atoms with Crippen LogP contribution < -0.4 is 5.32 Å². The Morgan fingerprint density at radius 3 is 2.35 bits per heavy atom. The van der Waals surface area contributed by atoms with Crippen molar-refractivity contribution in [1.82, 2.24) is 4.90 Å². The standard InChI is InChI=1S/C26H21ClF2N2O2.ClH/c1-31-7-6-16(13-31)14-2-4-15(5-3-14)20-11-21-23(12-22(20)27)30-26(33)24(21)25(32)17-8-18(28)10-19(29)9-17;/h2-5,8-12,16,32H,6-7,13H2,1H3,(H,30,33);1H/b25-24-;. The van der Waals surface area contributed by atoms with Gasteiger partial charge >= 0.3 is 0 Å². The molecule has 4 nitrogen and oxygen atoms in total. The van der Waals surface area contributed by atoms with Gasteiger partial charge in [0.15, 0.2) is 0 Å². The molecule has 0 aliphatic carbocycles. The van der Waals surface area contributed by atoms with Crippen LogP contribution in [0.3, 0.4) is 0 Å². The third-order valence-corrected chi connectivity index (χ3v) is 6.62. The third-order valence-electron chi connectivity index (χ3n) is 6.31. The van der Waals surface area contributed by atoms with Crippen molar-refractivity contribution in [2.24, 2.45) is 0 Å². The highest BCUT2D eigenvalue weighted by Gasteiger charge is 2.30. The van der Waals surface area contributed by atoms with Crippen molar-refractivity contribution in [2.45, 2.75) is 12.3 Å². The minimum Gasteiger partial charge on any atom is -0.506 e. The molecular weight excluding hydrogens is 481 g/mol. The number of aliphatic hydroxyl groups is 1. The van der Waals surface area contributed by atoms with Crippen molar-refractivity contribution < 1.29 is 18.7 Å². The topological polar surface area (TPSA) is 52.6 Å². The molecule has 0 radical (unpaired) electrons. The van der Waals surface area contributed by atoms with E-state index < -0.39 is 23.3 Å². The van der Waals surface area contributed by atoms with Gasteiger partial charge in [0.05, 0.1) is 16.3 Å². The number of carbonyl (C=O) groups is 1. The second-order valence-electron chi connectivity index (χ2n) is 8.58. The molecule has 1 amide bonds. The Kier molecular flexibility index (Phi) is 6.67. The molecule has 2 N–H and O–H groups in total. The van der Waals surface area contributed by atoms with Crippen LogP contribution in [0.25, 0.3) is 22.5 Å². The number of amides is 1. The maximum Gasteiger partial charge on any atom is 0.260 e. The van der Waals surface area contributed by atoms with Crippen molar-refractivity contribution in [3.8, 4) is 11.1 Å². The van der Waals surface area contributed by atoms with Crippen molar-refractivity contribution in [2.75, 3.05) is 25.5 Å². The Bertz CT molecular complexity index is 1290. The summed E-state index contributed by atoms with van der Waals surface area (Å²) < 4.78 is 27.4. The fourth-order valence-corrected chi connectivity index (χ4v) is 4.90. The molecule has 2 aliphatic heterocycles. The summed E-state index contributed by atoms with van der Waals surface area (Å²) in [4.78, 5) is 14.9. The van der Waals surface area contributed by atoms with Crippen molar-refractivity contribution >= 4 is 46.9 Å². The molecule has 2 heterocycles. The number of likely N-dealkylation sites (tertiary alicyclic amines) is 1. The zero-order chi connectivity index (χ0) is 23.3. The van der Waals surface area contributed by atoms with Gasteiger partial charge in [0.2, 0.25) is 0 Å². The number of aliphatic hydroxyl groups excluding tert-OH is 1. The van der Waals surface area contributed by atoms with Crippen molar-refractivity contribution in [3.05, 3.63) is 87.9 Å². The predicted octanol–water partition coefficient (Wildman–Crippen LogP) is 6.50. The highest BCUT2D eigenvalue weighted by atomic mass is 35.5. The number of hydrogen-bond donors (Lipinski definition) is 2. The van der Waals surface area contributed by atoms with Gasteiger partial charge in [-0.15, -0.1) is 12.4 Å². The summed E-state index contributed by atoms with van der Waals surface area (Å²) in [5, 5.41) is 13.9. The van der Waals surface area contributed by atoms with E-state index in [0.717, 1.165) is 37.2 Å². The van der Waals surface area contributed by atoms with Gasteiger partial charge in [-0.3, -0.25) is 4.79 Å². The molecule has 3 aromatic carbocycles. The van der Waals surface area contributed by atoms with E-state index in [1.807, 2.05) is 12.1 Å². The molecule has 3 aromatic rings. The normalized spacial score (nSPS) is 18.9. The Morgan fingerprint density at radius 1 is 1.06 bits per heavy atom. The third kappa shape index (κ3) is 4.41. The molecule has 1 unspecified atom stereocenters. The SMILES string of the molecule is CN1CCC(c2ccc(-c3cc4c(cc3Cl)NC(=O)/C4=C(\O)c3cc(F)cc(F)c3)cc2)C1.Cl. The maximum atomic E-state index is 13.7. The number of likely N-dealkylation sites (N-methyl/N-ethyl adjacent to an activating group) is 1. The van der Waals surface area contributed by atoms with E-state index in [4.69, 9.17) is 11.6 Å².